The smallest absolute Gasteiger partial charge is 0.227 e. The van der Waals surface area contributed by atoms with E-state index in [1.54, 1.807) is 13.2 Å². The first-order valence-electron chi connectivity index (χ1n) is 15.7. The van der Waals surface area contributed by atoms with Crippen LogP contribution in [-0.4, -0.2) is 58.6 Å². The van der Waals surface area contributed by atoms with Gasteiger partial charge in [0.05, 0.1) is 31.5 Å². The number of anilines is 1. The SMILES string of the molecule is COCCCN1C(=O)CCc2ccc(CO[C@H]3CNCC[C@@H]3c3ccc(OCCCCOc4ccccc4C#N)cc3)cc21. The average molecular weight is 598 g/mol. The van der Waals surface area contributed by atoms with Gasteiger partial charge in [-0.25, -0.2) is 0 Å². The number of ether oxygens (including phenoxy) is 4. The van der Waals surface area contributed by atoms with Crippen LogP contribution < -0.4 is 19.7 Å². The number of nitrogens with zero attached hydrogens (tertiary/aromatic N) is 2. The topological polar surface area (TPSA) is 93.1 Å². The second-order valence-electron chi connectivity index (χ2n) is 11.4. The highest BCUT2D eigenvalue weighted by Gasteiger charge is 2.28. The molecule has 5 rings (SSSR count). The van der Waals surface area contributed by atoms with Gasteiger partial charge in [-0.3, -0.25) is 4.79 Å². The van der Waals surface area contributed by atoms with Crippen molar-refractivity contribution in [3.05, 3.63) is 89.0 Å². The summed E-state index contributed by atoms with van der Waals surface area (Å²) in [5.41, 5.74) is 5.14. The number of rotatable bonds is 15. The summed E-state index contributed by atoms with van der Waals surface area (Å²) in [4.78, 5) is 14.6. The molecule has 1 saturated heterocycles. The van der Waals surface area contributed by atoms with Crippen molar-refractivity contribution < 1.29 is 23.7 Å². The van der Waals surface area contributed by atoms with Crippen molar-refractivity contribution in [2.75, 3.05) is 51.5 Å². The van der Waals surface area contributed by atoms with Crippen LogP contribution in [0.2, 0.25) is 0 Å². The standard InChI is InChI=1S/C36H43N3O5/c1-41-20-6-19-39-33-23-27(9-10-29(33)13-16-36(39)40)26-44-35-25-38-18-17-32(35)28-11-14-31(15-12-28)42-21-4-5-22-43-34-8-3-2-7-30(34)24-37/h2-3,7-12,14-15,23,32,35,38H,4-6,13,16-22,25-26H2,1H3/t32-,35+/m1/s1. The molecule has 0 spiro atoms. The molecule has 2 aliphatic rings. The molecular weight excluding hydrogens is 554 g/mol. The Hall–Kier alpha value is -3.90. The van der Waals surface area contributed by atoms with Crippen LogP contribution in [0.4, 0.5) is 5.69 Å². The lowest BCUT2D eigenvalue weighted by Gasteiger charge is -2.33. The van der Waals surface area contributed by atoms with Crippen molar-refractivity contribution in [3.8, 4) is 17.6 Å². The number of unbranched alkanes of at least 4 members (excludes halogenated alkanes) is 1. The number of hydrogen-bond acceptors (Lipinski definition) is 7. The number of carbonyl (C=O) groups is 1. The Morgan fingerprint density at radius 2 is 1.77 bits per heavy atom. The summed E-state index contributed by atoms with van der Waals surface area (Å²) in [5, 5.41) is 12.7. The molecule has 1 N–H and O–H groups in total. The Morgan fingerprint density at radius 3 is 2.59 bits per heavy atom. The molecular formula is C36H43N3O5. The van der Waals surface area contributed by atoms with E-state index in [2.05, 4.69) is 41.7 Å². The van der Waals surface area contributed by atoms with E-state index in [-0.39, 0.29) is 12.0 Å². The van der Waals surface area contributed by atoms with Gasteiger partial charge < -0.3 is 29.2 Å². The Bertz CT molecular complexity index is 1400. The number of carbonyl (C=O) groups excluding carboxylic acids is 1. The summed E-state index contributed by atoms with van der Waals surface area (Å²) < 4.78 is 23.5. The molecule has 2 aliphatic heterocycles. The fourth-order valence-electron chi connectivity index (χ4n) is 5.95. The van der Waals surface area contributed by atoms with Crippen LogP contribution in [0.5, 0.6) is 11.5 Å². The zero-order chi connectivity index (χ0) is 30.6. The molecule has 0 radical (unpaired) electrons. The second-order valence-corrected chi connectivity index (χ2v) is 11.4. The second kappa shape index (κ2) is 16.2. The highest BCUT2D eigenvalue weighted by atomic mass is 16.5. The maximum Gasteiger partial charge on any atom is 0.227 e. The fraction of sp³-hybridized carbons (Fsp3) is 0.444. The number of nitriles is 1. The first-order valence-corrected chi connectivity index (χ1v) is 15.7. The fourth-order valence-corrected chi connectivity index (χ4v) is 5.95. The molecule has 0 unspecified atom stereocenters. The number of nitrogens with one attached hydrogen (secondary N) is 1. The largest absolute Gasteiger partial charge is 0.494 e. The summed E-state index contributed by atoms with van der Waals surface area (Å²) in [5.74, 6) is 1.96. The molecule has 3 aromatic carbocycles. The van der Waals surface area contributed by atoms with Crippen LogP contribution in [0.3, 0.4) is 0 Å². The monoisotopic (exact) mass is 597 g/mol. The van der Waals surface area contributed by atoms with Gasteiger partial charge in [-0.05, 0) is 85.7 Å². The first kappa shape index (κ1) is 31.5. The number of piperidine rings is 1. The summed E-state index contributed by atoms with van der Waals surface area (Å²) in [6.45, 7) is 4.74. The molecule has 8 heteroatoms. The lowest BCUT2D eigenvalue weighted by molar-refractivity contribution is -0.118. The predicted octanol–water partition coefficient (Wildman–Crippen LogP) is 5.77. The molecule has 0 aromatic heterocycles. The lowest BCUT2D eigenvalue weighted by Crippen LogP contribution is -2.41. The van der Waals surface area contributed by atoms with Crippen LogP contribution in [-0.2, 0) is 27.3 Å². The van der Waals surface area contributed by atoms with E-state index in [4.69, 9.17) is 18.9 Å². The first-order chi connectivity index (χ1) is 21.7. The molecule has 2 atom stereocenters. The summed E-state index contributed by atoms with van der Waals surface area (Å²) >= 11 is 0. The molecule has 0 aliphatic carbocycles. The molecule has 0 saturated carbocycles. The van der Waals surface area contributed by atoms with Gasteiger partial charge in [0.15, 0.2) is 0 Å². The molecule has 232 valence electrons. The van der Waals surface area contributed by atoms with Crippen LogP contribution in [0.1, 0.15) is 60.3 Å². The van der Waals surface area contributed by atoms with Crippen LogP contribution >= 0.6 is 0 Å². The van der Waals surface area contributed by atoms with Crippen molar-refractivity contribution >= 4 is 11.6 Å². The Balaban J connectivity index is 1.10. The molecule has 2 heterocycles. The van der Waals surface area contributed by atoms with Gasteiger partial charge in [0.25, 0.3) is 0 Å². The summed E-state index contributed by atoms with van der Waals surface area (Å²) in [6, 6.07) is 24.3. The van der Waals surface area contributed by atoms with E-state index >= 15 is 0 Å². The van der Waals surface area contributed by atoms with Gasteiger partial charge in [-0.15, -0.1) is 0 Å². The van der Waals surface area contributed by atoms with Gasteiger partial charge in [0.2, 0.25) is 5.91 Å². The highest BCUT2D eigenvalue weighted by Crippen LogP contribution is 2.32. The third kappa shape index (κ3) is 8.38. The maximum absolute atomic E-state index is 12.7. The van der Waals surface area contributed by atoms with E-state index in [0.29, 0.717) is 56.6 Å². The van der Waals surface area contributed by atoms with Crippen molar-refractivity contribution in [1.29, 1.82) is 5.26 Å². The lowest BCUT2D eigenvalue weighted by atomic mass is 9.87. The summed E-state index contributed by atoms with van der Waals surface area (Å²) in [7, 11) is 1.69. The molecule has 0 bridgehead atoms. The number of methoxy groups -OCH3 is 1. The van der Waals surface area contributed by atoms with Crippen molar-refractivity contribution in [2.24, 2.45) is 0 Å². The average Bonchev–Trinajstić information content (AvgIpc) is 3.07. The molecule has 3 aromatic rings. The van der Waals surface area contributed by atoms with Crippen molar-refractivity contribution in [2.45, 2.75) is 57.2 Å². The van der Waals surface area contributed by atoms with Gasteiger partial charge >= 0.3 is 0 Å². The van der Waals surface area contributed by atoms with Gasteiger partial charge in [0.1, 0.15) is 17.6 Å². The van der Waals surface area contributed by atoms with Gasteiger partial charge in [-0.2, -0.15) is 5.26 Å². The molecule has 1 amide bonds. The minimum absolute atomic E-state index is 0.0529. The van der Waals surface area contributed by atoms with E-state index in [0.717, 1.165) is 62.2 Å². The minimum atomic E-state index is 0.0529. The number of fused-ring (bicyclic) bond motifs is 1. The normalized spacial score (nSPS) is 18.0. The predicted molar refractivity (Wildman–Crippen MR) is 170 cm³/mol. The van der Waals surface area contributed by atoms with E-state index < -0.39 is 0 Å². The van der Waals surface area contributed by atoms with Crippen molar-refractivity contribution in [1.82, 2.24) is 5.32 Å². The minimum Gasteiger partial charge on any atom is -0.494 e. The zero-order valence-corrected chi connectivity index (χ0v) is 25.6. The Labute approximate surface area is 260 Å². The summed E-state index contributed by atoms with van der Waals surface area (Å²) in [6.07, 6.45) is 4.93. The van der Waals surface area contributed by atoms with E-state index in [1.165, 1.54) is 11.1 Å². The highest BCUT2D eigenvalue weighted by molar-refractivity contribution is 5.96. The van der Waals surface area contributed by atoms with Crippen LogP contribution in [0.25, 0.3) is 0 Å². The maximum atomic E-state index is 12.7. The molecule has 8 nitrogen and oxygen atoms in total. The molecule has 1 fully saturated rings. The Kier molecular flexibility index (Phi) is 11.6. The van der Waals surface area contributed by atoms with E-state index in [9.17, 15) is 10.1 Å². The van der Waals surface area contributed by atoms with E-state index in [1.807, 2.05) is 35.2 Å². The number of amides is 1. The molecule has 44 heavy (non-hydrogen) atoms. The quantitative estimate of drug-likeness (QED) is 0.222. The zero-order valence-electron chi connectivity index (χ0n) is 25.6. The van der Waals surface area contributed by atoms with Crippen molar-refractivity contribution in [3.63, 3.8) is 0 Å². The van der Waals surface area contributed by atoms with Gasteiger partial charge in [0, 0.05) is 44.8 Å². The third-order valence-corrected chi connectivity index (χ3v) is 8.35. The Morgan fingerprint density at radius 1 is 0.955 bits per heavy atom. The number of hydrogen-bond donors (Lipinski definition) is 1. The number of aryl methyl sites for hydroxylation is 1. The van der Waals surface area contributed by atoms with Gasteiger partial charge in [-0.1, -0.05) is 36.4 Å². The van der Waals surface area contributed by atoms with Crippen LogP contribution in [0.15, 0.2) is 66.7 Å². The third-order valence-electron chi connectivity index (χ3n) is 8.35. The number of benzene rings is 3. The number of para-hydroxylation sites is 1. The van der Waals surface area contributed by atoms with Crippen LogP contribution in [0, 0.1) is 11.3 Å².